The Hall–Kier alpha value is -2.28. The molecule has 0 N–H and O–H groups in total. The fourth-order valence-corrected chi connectivity index (χ4v) is 4.33. The molecule has 1 aromatic heterocycles. The standard InChI is InChI=1S/C21H20F3NO3/c22-21(23,24)27-17-4-2-1-3-15(17)19-16(20(28-25-19)13-7-8-13)11-26-18-10-12-5-6-14(18)9-12/h1-6,12-14,18H,7-11H2/t12-,14+,18+/m0/s1. The van der Waals surface area contributed by atoms with Crippen molar-refractivity contribution in [3.8, 4) is 17.0 Å². The molecule has 28 heavy (non-hydrogen) atoms. The van der Waals surface area contributed by atoms with Crippen LogP contribution in [0.1, 0.15) is 42.9 Å². The number of nitrogens with zero attached hydrogens (tertiary/aromatic N) is 1. The Bertz CT molecular complexity index is 901. The molecular formula is C21H20F3NO3. The van der Waals surface area contributed by atoms with E-state index in [2.05, 4.69) is 22.0 Å². The molecule has 148 valence electrons. The number of hydrogen-bond donors (Lipinski definition) is 0. The van der Waals surface area contributed by atoms with Gasteiger partial charge in [0.25, 0.3) is 0 Å². The molecular weight excluding hydrogens is 371 g/mol. The third-order valence-electron chi connectivity index (χ3n) is 5.79. The van der Waals surface area contributed by atoms with Crippen LogP contribution in [0.4, 0.5) is 13.2 Å². The molecule has 5 rings (SSSR count). The van der Waals surface area contributed by atoms with Crippen molar-refractivity contribution in [2.45, 2.75) is 50.7 Å². The molecule has 0 amide bonds. The first kappa shape index (κ1) is 17.8. The Kier molecular flexibility index (Phi) is 4.23. The number of aromatic nitrogens is 1. The van der Waals surface area contributed by atoms with Crippen LogP contribution in [-0.2, 0) is 11.3 Å². The van der Waals surface area contributed by atoms with Gasteiger partial charge in [-0.15, -0.1) is 13.2 Å². The van der Waals surface area contributed by atoms with E-state index < -0.39 is 6.36 Å². The van der Waals surface area contributed by atoms with E-state index in [4.69, 9.17) is 9.26 Å². The summed E-state index contributed by atoms with van der Waals surface area (Å²) in [5.74, 6) is 1.74. The molecule has 3 atom stereocenters. The quantitative estimate of drug-likeness (QED) is 0.602. The SMILES string of the molecule is FC(F)(F)Oc1ccccc1-c1noc(C2CC2)c1CO[C@@H]1C[C@H]2C=C[C@@H]1C2. The summed E-state index contributed by atoms with van der Waals surface area (Å²) in [5, 5.41) is 4.12. The smallest absolute Gasteiger partial charge is 0.405 e. The van der Waals surface area contributed by atoms with Crippen LogP contribution in [0.2, 0.25) is 0 Å². The molecule has 2 fully saturated rings. The van der Waals surface area contributed by atoms with Crippen molar-refractivity contribution >= 4 is 0 Å². The minimum Gasteiger partial charge on any atom is -0.405 e. The molecule has 2 aromatic rings. The Morgan fingerprint density at radius 3 is 2.61 bits per heavy atom. The lowest BCUT2D eigenvalue weighted by Gasteiger charge is -2.19. The zero-order valence-corrected chi connectivity index (χ0v) is 15.1. The summed E-state index contributed by atoms with van der Waals surface area (Å²) in [6, 6.07) is 6.03. The number of para-hydroxylation sites is 1. The van der Waals surface area contributed by atoms with E-state index in [-0.39, 0.29) is 29.9 Å². The Balaban J connectivity index is 1.45. The van der Waals surface area contributed by atoms with Crippen molar-refractivity contribution in [2.24, 2.45) is 11.8 Å². The first-order valence-electron chi connectivity index (χ1n) is 9.61. The van der Waals surface area contributed by atoms with Gasteiger partial charge in [-0.05, 0) is 43.7 Å². The first-order valence-corrected chi connectivity index (χ1v) is 9.61. The molecule has 7 heteroatoms. The molecule has 0 aliphatic heterocycles. The van der Waals surface area contributed by atoms with Crippen LogP contribution in [0, 0.1) is 11.8 Å². The summed E-state index contributed by atoms with van der Waals surface area (Å²) in [5.41, 5.74) is 1.38. The van der Waals surface area contributed by atoms with E-state index in [0.29, 0.717) is 17.5 Å². The van der Waals surface area contributed by atoms with Gasteiger partial charge in [-0.25, -0.2) is 0 Å². The molecule has 0 unspecified atom stereocenters. The van der Waals surface area contributed by atoms with E-state index >= 15 is 0 Å². The van der Waals surface area contributed by atoms with E-state index in [9.17, 15) is 13.2 Å². The van der Waals surface area contributed by atoms with Crippen LogP contribution in [0.3, 0.4) is 0 Å². The van der Waals surface area contributed by atoms with Crippen LogP contribution >= 0.6 is 0 Å². The summed E-state index contributed by atoms with van der Waals surface area (Å²) >= 11 is 0. The van der Waals surface area contributed by atoms with E-state index in [1.807, 2.05) is 0 Å². The zero-order valence-electron chi connectivity index (χ0n) is 15.1. The number of benzene rings is 1. The molecule has 1 heterocycles. The highest BCUT2D eigenvalue weighted by Crippen LogP contribution is 2.46. The number of fused-ring (bicyclic) bond motifs is 2. The van der Waals surface area contributed by atoms with Crippen molar-refractivity contribution in [3.05, 3.63) is 47.7 Å². The van der Waals surface area contributed by atoms with Gasteiger partial charge in [0.15, 0.2) is 0 Å². The molecule has 3 aliphatic rings. The number of allylic oxidation sites excluding steroid dienone is 1. The topological polar surface area (TPSA) is 44.5 Å². The normalized spacial score (nSPS) is 26.2. The third kappa shape index (κ3) is 3.43. The van der Waals surface area contributed by atoms with Crippen LogP contribution in [-0.4, -0.2) is 17.6 Å². The van der Waals surface area contributed by atoms with Crippen molar-refractivity contribution in [3.63, 3.8) is 0 Å². The second-order valence-corrected chi connectivity index (χ2v) is 7.82. The fraction of sp³-hybridized carbons (Fsp3) is 0.476. The van der Waals surface area contributed by atoms with Crippen molar-refractivity contribution in [1.82, 2.24) is 5.16 Å². The Morgan fingerprint density at radius 1 is 1.11 bits per heavy atom. The maximum atomic E-state index is 12.8. The second kappa shape index (κ2) is 6.65. The lowest BCUT2D eigenvalue weighted by Crippen LogP contribution is -2.18. The van der Waals surface area contributed by atoms with Gasteiger partial charge in [-0.2, -0.15) is 0 Å². The molecule has 3 aliphatic carbocycles. The average Bonchev–Trinajstić information content (AvgIpc) is 3.09. The average molecular weight is 391 g/mol. The molecule has 2 saturated carbocycles. The van der Waals surface area contributed by atoms with E-state index in [1.165, 1.54) is 12.1 Å². The van der Waals surface area contributed by atoms with Gasteiger partial charge >= 0.3 is 6.36 Å². The summed E-state index contributed by atoms with van der Waals surface area (Å²) in [6.45, 7) is 0.284. The molecule has 0 radical (unpaired) electrons. The van der Waals surface area contributed by atoms with Crippen molar-refractivity contribution in [1.29, 1.82) is 0 Å². The maximum absolute atomic E-state index is 12.8. The zero-order chi connectivity index (χ0) is 19.3. The fourth-order valence-electron chi connectivity index (χ4n) is 4.33. The van der Waals surface area contributed by atoms with Crippen LogP contribution < -0.4 is 4.74 Å². The van der Waals surface area contributed by atoms with Crippen LogP contribution in [0.5, 0.6) is 5.75 Å². The number of hydrogen-bond acceptors (Lipinski definition) is 4. The molecule has 1 aromatic carbocycles. The number of halogens is 3. The van der Waals surface area contributed by atoms with Gasteiger partial charge < -0.3 is 14.0 Å². The number of ether oxygens (including phenoxy) is 2. The van der Waals surface area contributed by atoms with Gasteiger partial charge in [0.1, 0.15) is 17.2 Å². The second-order valence-electron chi connectivity index (χ2n) is 7.82. The monoisotopic (exact) mass is 391 g/mol. The van der Waals surface area contributed by atoms with E-state index in [1.54, 1.807) is 12.1 Å². The molecule has 4 nitrogen and oxygen atoms in total. The Labute approximate surface area is 160 Å². The van der Waals surface area contributed by atoms with E-state index in [0.717, 1.165) is 37.0 Å². The Morgan fingerprint density at radius 2 is 1.93 bits per heavy atom. The summed E-state index contributed by atoms with van der Waals surface area (Å²) in [6.07, 6.45) is 3.94. The third-order valence-corrected chi connectivity index (χ3v) is 5.79. The van der Waals surface area contributed by atoms with Crippen molar-refractivity contribution in [2.75, 3.05) is 0 Å². The van der Waals surface area contributed by atoms with Crippen LogP contribution in [0.25, 0.3) is 11.3 Å². The van der Waals surface area contributed by atoms with Gasteiger partial charge in [0, 0.05) is 23.0 Å². The van der Waals surface area contributed by atoms with Gasteiger partial charge in [0.05, 0.1) is 12.7 Å². The lowest BCUT2D eigenvalue weighted by molar-refractivity contribution is -0.274. The molecule has 0 saturated heterocycles. The molecule has 0 spiro atoms. The maximum Gasteiger partial charge on any atom is 0.573 e. The highest BCUT2D eigenvalue weighted by Gasteiger charge is 2.38. The van der Waals surface area contributed by atoms with Crippen molar-refractivity contribution < 1.29 is 27.2 Å². The largest absolute Gasteiger partial charge is 0.573 e. The summed E-state index contributed by atoms with van der Waals surface area (Å²) in [4.78, 5) is 0. The summed E-state index contributed by atoms with van der Waals surface area (Å²) in [7, 11) is 0. The summed E-state index contributed by atoms with van der Waals surface area (Å²) < 4.78 is 54.4. The highest BCUT2D eigenvalue weighted by molar-refractivity contribution is 5.70. The minimum atomic E-state index is -4.77. The van der Waals surface area contributed by atoms with Gasteiger partial charge in [-0.1, -0.05) is 29.4 Å². The van der Waals surface area contributed by atoms with Crippen LogP contribution in [0.15, 0.2) is 40.9 Å². The molecule has 2 bridgehead atoms. The predicted octanol–water partition coefficient (Wildman–Crippen LogP) is 5.60. The number of rotatable bonds is 6. The van der Waals surface area contributed by atoms with Gasteiger partial charge in [-0.3, -0.25) is 0 Å². The van der Waals surface area contributed by atoms with Gasteiger partial charge in [0.2, 0.25) is 0 Å². The highest BCUT2D eigenvalue weighted by atomic mass is 19.4. The first-order chi connectivity index (χ1) is 13.5. The predicted molar refractivity (Wildman–Crippen MR) is 94.5 cm³/mol. The number of alkyl halides is 3. The minimum absolute atomic E-state index is 0.145. The lowest BCUT2D eigenvalue weighted by atomic mass is 10.0.